The second-order valence-corrected chi connectivity index (χ2v) is 4.83. The molecular weight excluding hydrogens is 219 g/mol. The molecule has 3 N–H and O–H groups in total. The molecule has 0 aromatic heterocycles. The van der Waals surface area contributed by atoms with Crippen LogP contribution in [0.2, 0.25) is 0 Å². The van der Waals surface area contributed by atoms with Gasteiger partial charge in [0.05, 0.1) is 0 Å². The third-order valence-corrected chi connectivity index (χ3v) is 3.28. The van der Waals surface area contributed by atoms with E-state index in [1.54, 1.807) is 12.1 Å². The van der Waals surface area contributed by atoms with Gasteiger partial charge in [-0.3, -0.25) is 10.1 Å². The number of benzene rings is 1. The fraction of sp³-hybridized carbons (Fsp3) is 0.462. The van der Waals surface area contributed by atoms with Crippen molar-refractivity contribution in [1.29, 1.82) is 0 Å². The van der Waals surface area contributed by atoms with E-state index in [0.717, 1.165) is 0 Å². The highest BCUT2D eigenvalue weighted by molar-refractivity contribution is 5.87. The van der Waals surface area contributed by atoms with Gasteiger partial charge < -0.3 is 5.73 Å². The highest BCUT2D eigenvalue weighted by Gasteiger charge is 2.45. The Morgan fingerprint density at radius 3 is 2.82 bits per heavy atom. The number of hydrogen-bond acceptors (Lipinski definition) is 2. The van der Waals surface area contributed by atoms with E-state index < -0.39 is 11.4 Å². The van der Waals surface area contributed by atoms with Gasteiger partial charge >= 0.3 is 0 Å². The summed E-state index contributed by atoms with van der Waals surface area (Å²) >= 11 is 0. The molecule has 1 aromatic rings. The molecule has 0 fully saturated rings. The maximum Gasteiger partial charge on any atom is 0.242 e. The molecule has 0 radical (unpaired) electrons. The molecule has 0 spiro atoms. The van der Waals surface area contributed by atoms with E-state index in [-0.39, 0.29) is 11.9 Å². The number of halogens is 1. The lowest BCUT2D eigenvalue weighted by Crippen LogP contribution is -2.53. The molecule has 17 heavy (non-hydrogen) atoms. The monoisotopic (exact) mass is 236 g/mol. The first kappa shape index (κ1) is 12.0. The standard InChI is InChI=1S/C13H17FN2O/c1-8(2)16-13(12(15)17)7-6-9-10(13)4-3-5-11(9)14/h3-5,8,16H,6-7H2,1-2H3,(H2,15,17). The molecule has 0 aliphatic heterocycles. The van der Waals surface area contributed by atoms with Gasteiger partial charge in [0.1, 0.15) is 11.4 Å². The van der Waals surface area contributed by atoms with Crippen LogP contribution in [-0.2, 0) is 16.8 Å². The van der Waals surface area contributed by atoms with Crippen molar-refractivity contribution >= 4 is 5.91 Å². The highest BCUT2D eigenvalue weighted by atomic mass is 19.1. The summed E-state index contributed by atoms with van der Waals surface area (Å²) < 4.78 is 13.7. The molecule has 1 aliphatic rings. The smallest absolute Gasteiger partial charge is 0.242 e. The first-order valence-electron chi connectivity index (χ1n) is 5.83. The van der Waals surface area contributed by atoms with Gasteiger partial charge in [-0.25, -0.2) is 4.39 Å². The van der Waals surface area contributed by atoms with Gasteiger partial charge in [-0.2, -0.15) is 0 Å². The van der Waals surface area contributed by atoms with E-state index in [0.29, 0.717) is 24.0 Å². The van der Waals surface area contributed by atoms with Crippen LogP contribution in [0.15, 0.2) is 18.2 Å². The van der Waals surface area contributed by atoms with Crippen LogP contribution in [0.3, 0.4) is 0 Å². The molecule has 4 heteroatoms. The van der Waals surface area contributed by atoms with Crippen molar-refractivity contribution in [2.45, 2.75) is 38.3 Å². The Morgan fingerprint density at radius 1 is 1.53 bits per heavy atom. The number of nitrogens with two attached hydrogens (primary N) is 1. The molecule has 1 amide bonds. The van der Waals surface area contributed by atoms with Gasteiger partial charge in [-0.15, -0.1) is 0 Å². The Hall–Kier alpha value is -1.42. The Labute approximate surface area is 100 Å². The van der Waals surface area contributed by atoms with Crippen LogP contribution in [0.1, 0.15) is 31.4 Å². The van der Waals surface area contributed by atoms with Crippen LogP contribution in [0.5, 0.6) is 0 Å². The minimum absolute atomic E-state index is 0.108. The van der Waals surface area contributed by atoms with Gasteiger partial charge in [0.2, 0.25) is 5.91 Å². The molecule has 1 atom stereocenters. The largest absolute Gasteiger partial charge is 0.368 e. The van der Waals surface area contributed by atoms with Crippen LogP contribution in [-0.4, -0.2) is 11.9 Å². The average Bonchev–Trinajstić information content (AvgIpc) is 2.59. The maximum absolute atomic E-state index is 13.7. The van der Waals surface area contributed by atoms with Crippen LogP contribution in [0, 0.1) is 5.82 Å². The average molecular weight is 236 g/mol. The van der Waals surface area contributed by atoms with E-state index in [1.165, 1.54) is 6.07 Å². The van der Waals surface area contributed by atoms with E-state index in [1.807, 2.05) is 13.8 Å². The van der Waals surface area contributed by atoms with E-state index in [4.69, 9.17) is 5.73 Å². The lowest BCUT2D eigenvalue weighted by atomic mass is 9.90. The number of rotatable bonds is 3. The summed E-state index contributed by atoms with van der Waals surface area (Å²) in [7, 11) is 0. The van der Waals surface area contributed by atoms with Crippen molar-refractivity contribution in [2.24, 2.45) is 5.73 Å². The van der Waals surface area contributed by atoms with Crippen molar-refractivity contribution in [1.82, 2.24) is 5.32 Å². The maximum atomic E-state index is 13.7. The number of primary amides is 1. The molecule has 2 rings (SSSR count). The third kappa shape index (κ3) is 1.82. The topological polar surface area (TPSA) is 55.1 Å². The predicted octanol–water partition coefficient (Wildman–Crippen LogP) is 1.45. The third-order valence-electron chi connectivity index (χ3n) is 3.28. The lowest BCUT2D eigenvalue weighted by Gasteiger charge is -2.30. The minimum atomic E-state index is -0.911. The quantitative estimate of drug-likeness (QED) is 0.834. The number of amides is 1. The molecule has 1 unspecified atom stereocenters. The molecular formula is C13H17FN2O. The van der Waals surface area contributed by atoms with Crippen LogP contribution >= 0.6 is 0 Å². The van der Waals surface area contributed by atoms with Crippen LogP contribution in [0.4, 0.5) is 4.39 Å². The van der Waals surface area contributed by atoms with E-state index in [2.05, 4.69) is 5.32 Å². The first-order chi connectivity index (χ1) is 7.97. The molecule has 0 saturated carbocycles. The minimum Gasteiger partial charge on any atom is -0.368 e. The van der Waals surface area contributed by atoms with Crippen molar-refractivity contribution in [3.8, 4) is 0 Å². The zero-order valence-corrected chi connectivity index (χ0v) is 10.1. The SMILES string of the molecule is CC(C)NC1(C(N)=O)CCc2c(F)cccc21. The lowest BCUT2D eigenvalue weighted by molar-refractivity contribution is -0.125. The molecule has 1 aliphatic carbocycles. The normalized spacial score (nSPS) is 22.8. The van der Waals surface area contributed by atoms with Crippen molar-refractivity contribution < 1.29 is 9.18 Å². The summed E-state index contributed by atoms with van der Waals surface area (Å²) in [5, 5.41) is 3.20. The van der Waals surface area contributed by atoms with Crippen molar-refractivity contribution in [3.05, 3.63) is 35.1 Å². The molecule has 1 aromatic carbocycles. The van der Waals surface area contributed by atoms with Gasteiger partial charge in [0.15, 0.2) is 0 Å². The number of carbonyl (C=O) groups is 1. The highest BCUT2D eigenvalue weighted by Crippen LogP contribution is 2.38. The zero-order chi connectivity index (χ0) is 12.6. The summed E-state index contributed by atoms with van der Waals surface area (Å²) in [5.74, 6) is -0.688. The fourth-order valence-corrected chi connectivity index (χ4v) is 2.63. The molecule has 0 heterocycles. The fourth-order valence-electron chi connectivity index (χ4n) is 2.63. The Morgan fingerprint density at radius 2 is 2.24 bits per heavy atom. The Kier molecular flexibility index (Phi) is 2.91. The number of fused-ring (bicyclic) bond motifs is 1. The van der Waals surface area contributed by atoms with Gasteiger partial charge in [0.25, 0.3) is 0 Å². The van der Waals surface area contributed by atoms with Crippen molar-refractivity contribution in [2.75, 3.05) is 0 Å². The molecule has 0 saturated heterocycles. The zero-order valence-electron chi connectivity index (χ0n) is 10.1. The molecule has 3 nitrogen and oxygen atoms in total. The second-order valence-electron chi connectivity index (χ2n) is 4.83. The van der Waals surface area contributed by atoms with E-state index in [9.17, 15) is 9.18 Å². The first-order valence-corrected chi connectivity index (χ1v) is 5.83. The number of nitrogens with one attached hydrogen (secondary N) is 1. The number of carbonyl (C=O) groups excluding carboxylic acids is 1. The Bertz CT molecular complexity index is 459. The van der Waals surface area contributed by atoms with Gasteiger partial charge in [0, 0.05) is 6.04 Å². The van der Waals surface area contributed by atoms with Gasteiger partial charge in [-0.1, -0.05) is 12.1 Å². The predicted molar refractivity (Wildman–Crippen MR) is 63.9 cm³/mol. The molecule has 0 bridgehead atoms. The Balaban J connectivity index is 2.53. The van der Waals surface area contributed by atoms with Gasteiger partial charge in [-0.05, 0) is 43.9 Å². The number of hydrogen-bond donors (Lipinski definition) is 2. The van der Waals surface area contributed by atoms with Crippen LogP contribution in [0.25, 0.3) is 0 Å². The van der Waals surface area contributed by atoms with Crippen LogP contribution < -0.4 is 11.1 Å². The summed E-state index contributed by atoms with van der Waals surface area (Å²) in [6.07, 6.45) is 1.07. The van der Waals surface area contributed by atoms with E-state index >= 15 is 0 Å². The van der Waals surface area contributed by atoms with Crippen molar-refractivity contribution in [3.63, 3.8) is 0 Å². The summed E-state index contributed by atoms with van der Waals surface area (Å²) in [4.78, 5) is 11.8. The summed E-state index contributed by atoms with van der Waals surface area (Å²) in [6, 6.07) is 4.94. The summed E-state index contributed by atoms with van der Waals surface area (Å²) in [6.45, 7) is 3.89. The summed E-state index contributed by atoms with van der Waals surface area (Å²) in [5.41, 5.74) is 5.91. The molecule has 92 valence electrons. The second kappa shape index (κ2) is 4.11.